The molecule has 2 aliphatic heterocycles. The molecule has 0 saturated carbocycles. The van der Waals surface area contributed by atoms with Crippen LogP contribution in [0.15, 0.2) is 60.7 Å². The first-order valence-corrected chi connectivity index (χ1v) is 11.6. The molecule has 33 heavy (non-hydrogen) atoms. The summed E-state index contributed by atoms with van der Waals surface area (Å²) in [6.45, 7) is 4.64. The van der Waals surface area contributed by atoms with E-state index in [2.05, 4.69) is 34.6 Å². The normalized spacial score (nSPS) is 17.8. The number of anilines is 1. The number of rotatable bonds is 5. The number of hydrogen-bond donors (Lipinski definition) is 2. The highest BCUT2D eigenvalue weighted by atomic mass is 16.2. The minimum atomic E-state index is -0.220. The van der Waals surface area contributed by atoms with Crippen molar-refractivity contribution >= 4 is 17.6 Å². The van der Waals surface area contributed by atoms with Crippen molar-refractivity contribution in [2.45, 2.75) is 26.2 Å². The fourth-order valence-electron chi connectivity index (χ4n) is 4.82. The molecule has 0 radical (unpaired) electrons. The Balaban J connectivity index is 1.31. The van der Waals surface area contributed by atoms with Crippen molar-refractivity contribution in [3.8, 4) is 16.9 Å². The summed E-state index contributed by atoms with van der Waals surface area (Å²) in [7, 11) is 0. The average Bonchev–Trinajstić information content (AvgIpc) is 3.40. The maximum absolute atomic E-state index is 13.0. The van der Waals surface area contributed by atoms with Gasteiger partial charge in [-0.1, -0.05) is 48.0 Å². The Bertz CT molecular complexity index is 1150. The average molecular weight is 444 g/mol. The van der Waals surface area contributed by atoms with E-state index in [1.165, 1.54) is 5.56 Å². The zero-order valence-corrected chi connectivity index (χ0v) is 18.9. The van der Waals surface area contributed by atoms with Gasteiger partial charge in [-0.25, -0.2) is 4.68 Å². The minimum Gasteiger partial charge on any atom is -0.356 e. The Morgan fingerprint density at radius 3 is 2.45 bits per heavy atom. The van der Waals surface area contributed by atoms with E-state index in [0.717, 1.165) is 55.8 Å². The standard InChI is InChI=1S/C26H29N5O2/c1-19-7-9-20(10-8-19)22-17-23(31(29-22)21-5-3-2-4-6-21)28-24(32)18-30-15-12-26(13-16-30)11-14-27-25(26)33/h2-10,17H,11-16,18H2,1H3,(H,27,33)(H,28,32). The molecular formula is C26H29N5O2. The van der Waals surface area contributed by atoms with E-state index in [1.807, 2.05) is 48.5 Å². The number of likely N-dealkylation sites (tertiary alicyclic amines) is 1. The fraction of sp³-hybridized carbons (Fsp3) is 0.346. The molecule has 7 heteroatoms. The minimum absolute atomic E-state index is 0.0747. The summed E-state index contributed by atoms with van der Waals surface area (Å²) in [5, 5.41) is 10.8. The van der Waals surface area contributed by atoms with Gasteiger partial charge in [0.1, 0.15) is 5.82 Å². The smallest absolute Gasteiger partial charge is 0.239 e. The van der Waals surface area contributed by atoms with Gasteiger partial charge >= 0.3 is 0 Å². The van der Waals surface area contributed by atoms with E-state index in [9.17, 15) is 9.59 Å². The van der Waals surface area contributed by atoms with E-state index < -0.39 is 0 Å². The number of carbonyl (C=O) groups is 2. The first kappa shape index (κ1) is 21.4. The topological polar surface area (TPSA) is 79.3 Å². The molecule has 3 heterocycles. The molecule has 2 fully saturated rings. The summed E-state index contributed by atoms with van der Waals surface area (Å²) in [5.41, 5.74) is 3.66. The molecule has 0 atom stereocenters. The molecule has 0 unspecified atom stereocenters. The van der Waals surface area contributed by atoms with Gasteiger partial charge in [0, 0.05) is 18.2 Å². The number of carbonyl (C=O) groups excluding carboxylic acids is 2. The molecule has 2 amide bonds. The van der Waals surface area contributed by atoms with Gasteiger partial charge in [0.2, 0.25) is 11.8 Å². The summed E-state index contributed by atoms with van der Waals surface area (Å²) in [5.74, 6) is 0.752. The van der Waals surface area contributed by atoms with E-state index >= 15 is 0 Å². The van der Waals surface area contributed by atoms with Crippen LogP contribution in [-0.2, 0) is 9.59 Å². The molecule has 170 valence electrons. The van der Waals surface area contributed by atoms with E-state index in [0.29, 0.717) is 12.4 Å². The van der Waals surface area contributed by atoms with E-state index in [4.69, 9.17) is 5.10 Å². The van der Waals surface area contributed by atoms with Crippen molar-refractivity contribution in [1.29, 1.82) is 0 Å². The molecule has 5 rings (SSSR count). The lowest BCUT2D eigenvalue weighted by Crippen LogP contribution is -2.46. The number of piperidine rings is 1. The van der Waals surface area contributed by atoms with Crippen LogP contribution < -0.4 is 10.6 Å². The number of nitrogens with zero attached hydrogens (tertiary/aromatic N) is 3. The first-order chi connectivity index (χ1) is 16.0. The molecule has 1 spiro atoms. The van der Waals surface area contributed by atoms with Crippen molar-refractivity contribution in [3.05, 3.63) is 66.2 Å². The van der Waals surface area contributed by atoms with Crippen molar-refractivity contribution in [2.75, 3.05) is 31.5 Å². The SMILES string of the molecule is Cc1ccc(-c2cc(NC(=O)CN3CCC4(CCNC4=O)CC3)n(-c3ccccc3)n2)cc1. The quantitative estimate of drug-likeness (QED) is 0.634. The Hall–Kier alpha value is -3.45. The third-order valence-electron chi connectivity index (χ3n) is 6.88. The summed E-state index contributed by atoms with van der Waals surface area (Å²) in [4.78, 5) is 27.3. The Kier molecular flexibility index (Phi) is 5.72. The predicted octanol–water partition coefficient (Wildman–Crippen LogP) is 3.39. The van der Waals surface area contributed by atoms with Gasteiger partial charge in [-0.2, -0.15) is 5.10 Å². The second kappa shape index (κ2) is 8.83. The number of aromatic nitrogens is 2. The van der Waals surface area contributed by atoms with Crippen molar-refractivity contribution in [2.24, 2.45) is 5.41 Å². The van der Waals surface area contributed by atoms with Crippen LogP contribution in [0.25, 0.3) is 16.9 Å². The summed E-state index contributed by atoms with van der Waals surface area (Å²) in [6.07, 6.45) is 2.53. The van der Waals surface area contributed by atoms with Crippen LogP contribution in [0.1, 0.15) is 24.8 Å². The van der Waals surface area contributed by atoms with Crippen LogP contribution >= 0.6 is 0 Å². The lowest BCUT2D eigenvalue weighted by atomic mass is 9.77. The second-order valence-electron chi connectivity index (χ2n) is 9.14. The number of hydrogen-bond acceptors (Lipinski definition) is 4. The highest BCUT2D eigenvalue weighted by Gasteiger charge is 2.44. The number of aryl methyl sites for hydroxylation is 1. The maximum Gasteiger partial charge on any atom is 0.239 e. The number of benzene rings is 2. The van der Waals surface area contributed by atoms with Crippen LogP contribution in [0.4, 0.5) is 5.82 Å². The van der Waals surface area contributed by atoms with Crippen LogP contribution in [0.2, 0.25) is 0 Å². The van der Waals surface area contributed by atoms with Gasteiger partial charge in [-0.15, -0.1) is 0 Å². The van der Waals surface area contributed by atoms with Gasteiger partial charge in [-0.3, -0.25) is 14.5 Å². The first-order valence-electron chi connectivity index (χ1n) is 11.6. The van der Waals surface area contributed by atoms with Gasteiger partial charge in [0.25, 0.3) is 0 Å². The van der Waals surface area contributed by atoms with Gasteiger partial charge in [0.15, 0.2) is 0 Å². The Morgan fingerprint density at radius 1 is 1.06 bits per heavy atom. The monoisotopic (exact) mass is 443 g/mol. The van der Waals surface area contributed by atoms with Crippen LogP contribution in [0, 0.1) is 12.3 Å². The highest BCUT2D eigenvalue weighted by molar-refractivity contribution is 5.92. The summed E-state index contributed by atoms with van der Waals surface area (Å²) >= 11 is 0. The third-order valence-corrected chi connectivity index (χ3v) is 6.88. The van der Waals surface area contributed by atoms with Crippen LogP contribution in [-0.4, -0.2) is 52.7 Å². The molecule has 2 saturated heterocycles. The number of amides is 2. The van der Waals surface area contributed by atoms with Crippen molar-refractivity contribution in [1.82, 2.24) is 20.0 Å². The highest BCUT2D eigenvalue weighted by Crippen LogP contribution is 2.37. The predicted molar refractivity (Wildman–Crippen MR) is 128 cm³/mol. The lowest BCUT2D eigenvalue weighted by molar-refractivity contribution is -0.130. The maximum atomic E-state index is 13.0. The zero-order chi connectivity index (χ0) is 22.8. The molecule has 2 N–H and O–H groups in total. The summed E-state index contributed by atoms with van der Waals surface area (Å²) in [6, 6.07) is 19.9. The van der Waals surface area contributed by atoms with Crippen molar-refractivity contribution < 1.29 is 9.59 Å². The molecule has 3 aromatic rings. The number of nitrogens with one attached hydrogen (secondary N) is 2. The lowest BCUT2D eigenvalue weighted by Gasteiger charge is -2.36. The van der Waals surface area contributed by atoms with Crippen LogP contribution in [0.3, 0.4) is 0 Å². The Morgan fingerprint density at radius 2 is 1.79 bits per heavy atom. The molecule has 7 nitrogen and oxygen atoms in total. The molecule has 2 aliphatic rings. The second-order valence-corrected chi connectivity index (χ2v) is 9.14. The summed E-state index contributed by atoms with van der Waals surface area (Å²) < 4.78 is 1.78. The molecule has 0 bridgehead atoms. The molecular weight excluding hydrogens is 414 g/mol. The zero-order valence-electron chi connectivity index (χ0n) is 18.9. The van der Waals surface area contributed by atoms with Gasteiger partial charge in [0.05, 0.1) is 23.3 Å². The fourth-order valence-corrected chi connectivity index (χ4v) is 4.82. The molecule has 0 aliphatic carbocycles. The van der Waals surface area contributed by atoms with E-state index in [1.54, 1.807) is 4.68 Å². The third kappa shape index (κ3) is 4.41. The number of para-hydroxylation sites is 1. The Labute approximate surface area is 193 Å². The largest absolute Gasteiger partial charge is 0.356 e. The molecule has 2 aromatic carbocycles. The van der Waals surface area contributed by atoms with Crippen molar-refractivity contribution in [3.63, 3.8) is 0 Å². The van der Waals surface area contributed by atoms with E-state index in [-0.39, 0.29) is 17.2 Å². The van der Waals surface area contributed by atoms with Gasteiger partial charge < -0.3 is 10.6 Å². The molecule has 1 aromatic heterocycles. The van der Waals surface area contributed by atoms with Gasteiger partial charge in [-0.05, 0) is 51.4 Å². The van der Waals surface area contributed by atoms with Crippen LogP contribution in [0.5, 0.6) is 0 Å².